The molecule has 2 bridgehead atoms. The van der Waals surface area contributed by atoms with Gasteiger partial charge in [0.25, 0.3) is 0 Å². The van der Waals surface area contributed by atoms with E-state index < -0.39 is 35.5 Å². The number of nitrogens with two attached hydrogens (primary N) is 2. The van der Waals surface area contributed by atoms with Gasteiger partial charge >= 0.3 is 12.0 Å². The van der Waals surface area contributed by atoms with Gasteiger partial charge in [-0.05, 0) is 45.4 Å². The molecule has 1 spiro atoms. The Morgan fingerprint density at radius 1 is 0.714 bits per heavy atom. The fourth-order valence-electron chi connectivity index (χ4n) is 10.3. The fraction of sp³-hybridized carbons (Fsp3) is 0.391. The van der Waals surface area contributed by atoms with E-state index in [2.05, 4.69) is 65.4 Å². The molecule has 8 aromatic rings. The molecule has 4 aliphatic rings. The maximum Gasteiger partial charge on any atom is 0.326 e. The van der Waals surface area contributed by atoms with Crippen LogP contribution in [0.25, 0.3) is 43.9 Å². The Bertz CT molecular complexity index is 3330. The predicted octanol–water partition coefficient (Wildman–Crippen LogP) is 5.99. The number of benzene rings is 2. The number of hydrogen-bond acceptors (Lipinski definition) is 18. The first-order valence-electron chi connectivity index (χ1n) is 22.8. The van der Waals surface area contributed by atoms with Gasteiger partial charge in [-0.3, -0.25) is 0 Å². The van der Waals surface area contributed by atoms with Crippen molar-refractivity contribution in [1.29, 1.82) is 0 Å². The van der Waals surface area contributed by atoms with Gasteiger partial charge in [-0.2, -0.15) is 19.9 Å². The number of fused-ring (bicyclic) bond motifs is 8. The van der Waals surface area contributed by atoms with Gasteiger partial charge in [0.2, 0.25) is 0 Å². The number of nitrogens with one attached hydrogen (secondary N) is 4. The van der Waals surface area contributed by atoms with Gasteiger partial charge in [-0.15, -0.1) is 0 Å². The van der Waals surface area contributed by atoms with Crippen molar-refractivity contribution >= 4 is 66.9 Å². The van der Waals surface area contributed by atoms with Crippen LogP contribution in [0.5, 0.6) is 23.5 Å². The van der Waals surface area contributed by atoms with Gasteiger partial charge in [0.15, 0.2) is 46.4 Å². The van der Waals surface area contributed by atoms with E-state index in [-0.39, 0.29) is 69.5 Å². The highest BCUT2D eigenvalue weighted by atomic mass is 19.2. The normalized spacial score (nSPS) is 21.0. The average Bonchev–Trinajstić information content (AvgIpc) is 4.12. The SMILES string of the molecule is CNc1cc(F)c(F)c2c1[nH]c1nc(Oc3cnc([C@@H](C)O)nc3)nc(N3CC4(CC[C@H]4N)C3)c12.CNc1cc(F)c(F)c2c1[nH]c1nc(Oc3cnc([C@@H](C)O)nc3)nc(N3C[C@H]4C[C@@H]3C[C@H]4N)c12. The Labute approximate surface area is 395 Å². The van der Waals surface area contributed by atoms with Crippen LogP contribution in [0, 0.1) is 34.6 Å². The molecule has 20 nitrogen and oxygen atoms in total. The van der Waals surface area contributed by atoms with Crippen LogP contribution in [0.2, 0.25) is 0 Å². The summed E-state index contributed by atoms with van der Waals surface area (Å²) < 4.78 is 70.9. The van der Waals surface area contributed by atoms with Gasteiger partial charge in [0.1, 0.15) is 35.1 Å². The Morgan fingerprint density at radius 2 is 1.20 bits per heavy atom. The number of piperidine rings is 1. The zero-order chi connectivity index (χ0) is 48.9. The number of rotatable bonds is 10. The summed E-state index contributed by atoms with van der Waals surface area (Å²) in [4.78, 5) is 44.7. The van der Waals surface area contributed by atoms with Crippen LogP contribution in [-0.2, 0) is 0 Å². The van der Waals surface area contributed by atoms with Gasteiger partial charge in [0, 0.05) is 69.4 Å². The molecule has 364 valence electrons. The van der Waals surface area contributed by atoms with Gasteiger partial charge < -0.3 is 61.6 Å². The van der Waals surface area contributed by atoms with Crippen LogP contribution in [0.15, 0.2) is 36.9 Å². The predicted molar refractivity (Wildman–Crippen MR) is 251 cm³/mol. The Balaban J connectivity index is 0.000000152. The maximum atomic E-state index is 15.2. The molecule has 70 heavy (non-hydrogen) atoms. The van der Waals surface area contributed by atoms with Crippen molar-refractivity contribution < 1.29 is 37.2 Å². The minimum absolute atomic E-state index is 0.00167. The molecular formula is C46H48F4N16O4. The summed E-state index contributed by atoms with van der Waals surface area (Å²) in [6.07, 6.45) is 7.72. The Hall–Kier alpha value is -7.28. The third-order valence-electron chi connectivity index (χ3n) is 14.1. The standard InChI is InChI=1S/2C23H24F2N8O2/c1-9(34)20-28-6-12(7-29-20)35-23-31-21-17(16-18(25)13(24)5-15(27-2)19(16)30-21)22(32-23)33-8-10-3-11(33)4-14(10)26;1-10(34)19-28-6-11(7-29-19)35-22-31-20-16(15-17(25)12(24)5-13(27-2)18(15)30-20)21(32-22)33-8-23(9-33)4-3-14(23)26/h5-7,9-11,14,27,34H,3-4,8,26H2,1-2H3,(H,30,31,32);5-7,10,14,27,34H,3-4,8-9,26H2,1-2H3,(H,30,31,32)/t9-,10-,11-,14-;10-,14-/m11/s1. The van der Waals surface area contributed by atoms with Gasteiger partial charge in [-0.25, -0.2) is 37.5 Å². The van der Waals surface area contributed by atoms with E-state index >= 15 is 8.78 Å². The number of aromatic amines is 2. The summed E-state index contributed by atoms with van der Waals surface area (Å²) in [6.45, 7) is 5.10. The van der Waals surface area contributed by atoms with Crippen LogP contribution >= 0.6 is 0 Å². The second-order valence-corrected chi connectivity index (χ2v) is 18.5. The monoisotopic (exact) mass is 964 g/mol. The van der Waals surface area contributed by atoms with Crippen molar-refractivity contribution in [3.63, 3.8) is 0 Å². The lowest BCUT2D eigenvalue weighted by Crippen LogP contribution is -2.69. The molecular weight excluding hydrogens is 917 g/mol. The zero-order valence-corrected chi connectivity index (χ0v) is 38.2. The lowest BCUT2D eigenvalue weighted by Gasteiger charge is -2.60. The average molecular weight is 965 g/mol. The largest absolute Gasteiger partial charge is 0.421 e. The highest BCUT2D eigenvalue weighted by Crippen LogP contribution is 2.51. The number of hydrogen-bond donors (Lipinski definition) is 8. The second kappa shape index (κ2) is 17.0. The topological polar surface area (TPSA) is 276 Å². The van der Waals surface area contributed by atoms with Crippen molar-refractivity contribution in [2.24, 2.45) is 22.8 Å². The molecule has 6 aromatic heterocycles. The maximum absolute atomic E-state index is 15.2. The quantitative estimate of drug-likeness (QED) is 0.0731. The molecule has 2 saturated heterocycles. The van der Waals surface area contributed by atoms with E-state index in [0.717, 1.165) is 37.8 Å². The molecule has 12 rings (SSSR count). The Kier molecular flexibility index (Phi) is 11.0. The molecule has 10 N–H and O–H groups in total. The van der Waals surface area contributed by atoms with Crippen LogP contribution in [0.4, 0.5) is 40.6 Å². The summed E-state index contributed by atoms with van der Waals surface area (Å²) >= 11 is 0. The molecule has 2 aliphatic heterocycles. The number of anilines is 4. The smallest absolute Gasteiger partial charge is 0.326 e. The van der Waals surface area contributed by atoms with Crippen LogP contribution in [0.3, 0.4) is 0 Å². The van der Waals surface area contributed by atoms with Crippen molar-refractivity contribution in [2.45, 2.75) is 69.9 Å². The van der Waals surface area contributed by atoms with E-state index in [4.69, 9.17) is 20.9 Å². The number of ether oxygens (including phenoxy) is 2. The van der Waals surface area contributed by atoms with Crippen molar-refractivity contribution in [3.05, 3.63) is 71.8 Å². The van der Waals surface area contributed by atoms with E-state index in [9.17, 15) is 19.0 Å². The van der Waals surface area contributed by atoms with Crippen molar-refractivity contribution in [1.82, 2.24) is 49.8 Å². The molecule has 24 heteroatoms. The summed E-state index contributed by atoms with van der Waals surface area (Å²) in [5, 5.41) is 26.0. The summed E-state index contributed by atoms with van der Waals surface area (Å²) in [5.74, 6) is -1.61. The molecule has 2 aromatic carbocycles. The number of H-pyrrole nitrogens is 2. The molecule has 8 heterocycles. The van der Waals surface area contributed by atoms with Crippen LogP contribution < -0.4 is 41.4 Å². The van der Waals surface area contributed by atoms with Crippen molar-refractivity contribution in [3.8, 4) is 23.5 Å². The molecule has 0 unspecified atom stereocenters. The van der Waals surface area contributed by atoms with E-state index in [1.54, 1.807) is 27.9 Å². The molecule has 0 radical (unpaired) electrons. The lowest BCUT2D eigenvalue weighted by molar-refractivity contribution is 0.0559. The first-order valence-corrected chi connectivity index (χ1v) is 22.8. The lowest BCUT2D eigenvalue weighted by atomic mass is 9.60. The molecule has 2 saturated carbocycles. The number of aromatic nitrogens is 10. The van der Waals surface area contributed by atoms with E-state index in [0.29, 0.717) is 81.7 Å². The van der Waals surface area contributed by atoms with Gasteiger partial charge in [-0.1, -0.05) is 0 Å². The number of aliphatic hydroxyl groups excluding tert-OH is 2. The zero-order valence-electron chi connectivity index (χ0n) is 38.2. The minimum Gasteiger partial charge on any atom is -0.421 e. The molecule has 2 aliphatic carbocycles. The highest BCUT2D eigenvalue weighted by Gasteiger charge is 2.54. The third-order valence-corrected chi connectivity index (χ3v) is 14.1. The number of nitrogens with zero attached hydrogens (tertiary/aromatic N) is 10. The Morgan fingerprint density at radius 3 is 1.60 bits per heavy atom. The highest BCUT2D eigenvalue weighted by molar-refractivity contribution is 6.16. The van der Waals surface area contributed by atoms with Gasteiger partial charge in [0.05, 0.1) is 68.7 Å². The molecule has 4 fully saturated rings. The summed E-state index contributed by atoms with van der Waals surface area (Å²) in [5.41, 5.74) is 14.7. The summed E-state index contributed by atoms with van der Waals surface area (Å²) in [7, 11) is 3.27. The fourth-order valence-corrected chi connectivity index (χ4v) is 10.3. The van der Waals surface area contributed by atoms with Crippen molar-refractivity contribution in [2.75, 3.05) is 54.2 Å². The number of halogens is 4. The minimum atomic E-state index is -0.971. The van der Waals surface area contributed by atoms with E-state index in [1.807, 2.05) is 4.90 Å². The third kappa shape index (κ3) is 7.43. The molecule has 6 atom stereocenters. The first kappa shape index (κ1) is 45.2. The first-order chi connectivity index (χ1) is 33.6. The second-order valence-electron chi connectivity index (χ2n) is 18.5. The van der Waals surface area contributed by atoms with Crippen LogP contribution in [0.1, 0.15) is 63.4 Å². The molecule has 0 amide bonds. The summed E-state index contributed by atoms with van der Waals surface area (Å²) in [6, 6.07) is 2.58. The van der Waals surface area contributed by atoms with E-state index in [1.165, 1.54) is 24.8 Å². The van der Waals surface area contributed by atoms with Crippen LogP contribution in [-0.4, -0.2) is 112 Å². The number of aliphatic hydroxyl groups is 2.